The summed E-state index contributed by atoms with van der Waals surface area (Å²) >= 11 is 0. The maximum absolute atomic E-state index is 6.23. The summed E-state index contributed by atoms with van der Waals surface area (Å²) in [7, 11) is 1.63. The molecule has 136 valence electrons. The number of rotatable bonds is 8. The zero-order valence-corrected chi connectivity index (χ0v) is 14.9. The van der Waals surface area contributed by atoms with Crippen LogP contribution in [0.4, 0.5) is 23.0 Å². The summed E-state index contributed by atoms with van der Waals surface area (Å²) < 4.78 is 7.42. The number of nitrogen functional groups attached to an aromatic ring is 1. The first-order valence-electron chi connectivity index (χ1n) is 8.39. The number of imidazole rings is 1. The van der Waals surface area contributed by atoms with Crippen molar-refractivity contribution in [1.82, 2.24) is 19.5 Å². The molecular formula is C18H23N7O. The highest BCUT2D eigenvalue weighted by atomic mass is 16.5. The SMILES string of the molecule is COc1ccc(C)cc1Nc1ncnc(NCCCn2ccnc2)c1N. The number of hydrogen-bond donors (Lipinski definition) is 3. The molecule has 8 heteroatoms. The number of aromatic nitrogens is 4. The van der Waals surface area contributed by atoms with Gasteiger partial charge in [0.2, 0.25) is 0 Å². The van der Waals surface area contributed by atoms with Crippen LogP contribution in [0, 0.1) is 6.92 Å². The van der Waals surface area contributed by atoms with Crippen LogP contribution in [0.5, 0.6) is 5.75 Å². The van der Waals surface area contributed by atoms with Gasteiger partial charge in [0.25, 0.3) is 0 Å². The van der Waals surface area contributed by atoms with Crippen molar-refractivity contribution < 1.29 is 4.74 Å². The van der Waals surface area contributed by atoms with Crippen LogP contribution in [0.15, 0.2) is 43.2 Å². The lowest BCUT2D eigenvalue weighted by molar-refractivity contribution is 0.416. The largest absolute Gasteiger partial charge is 0.495 e. The molecule has 0 aliphatic carbocycles. The van der Waals surface area contributed by atoms with Gasteiger partial charge >= 0.3 is 0 Å². The number of benzene rings is 1. The Bertz CT molecular complexity index is 849. The third kappa shape index (κ3) is 4.21. The van der Waals surface area contributed by atoms with E-state index in [2.05, 4.69) is 25.6 Å². The summed E-state index contributed by atoms with van der Waals surface area (Å²) in [6.07, 6.45) is 7.92. The van der Waals surface area contributed by atoms with Crippen LogP contribution in [-0.2, 0) is 6.54 Å². The summed E-state index contributed by atoms with van der Waals surface area (Å²) in [5, 5.41) is 6.49. The standard InChI is InChI=1S/C18H23N7O/c1-13-4-5-15(26-2)14(10-13)24-18-16(19)17(22-11-23-18)21-6-3-8-25-9-7-20-12-25/h4-5,7,9-12H,3,6,8,19H2,1-2H3,(H2,21,22,23,24). The molecule has 0 spiro atoms. The lowest BCUT2D eigenvalue weighted by atomic mass is 10.2. The van der Waals surface area contributed by atoms with Crippen molar-refractivity contribution in [2.45, 2.75) is 19.9 Å². The van der Waals surface area contributed by atoms with E-state index in [1.165, 1.54) is 6.33 Å². The van der Waals surface area contributed by atoms with Gasteiger partial charge in [-0.2, -0.15) is 0 Å². The molecule has 0 saturated carbocycles. The van der Waals surface area contributed by atoms with Crippen molar-refractivity contribution in [2.75, 3.05) is 30.0 Å². The molecule has 26 heavy (non-hydrogen) atoms. The van der Waals surface area contributed by atoms with Crippen molar-refractivity contribution in [3.63, 3.8) is 0 Å². The summed E-state index contributed by atoms with van der Waals surface area (Å²) in [5.74, 6) is 1.88. The number of anilines is 4. The van der Waals surface area contributed by atoms with Crippen molar-refractivity contribution >= 4 is 23.0 Å². The maximum Gasteiger partial charge on any atom is 0.159 e. The molecule has 0 atom stereocenters. The van der Waals surface area contributed by atoms with Crippen LogP contribution >= 0.6 is 0 Å². The molecule has 0 aliphatic heterocycles. The minimum atomic E-state index is 0.471. The summed E-state index contributed by atoms with van der Waals surface area (Å²) in [4.78, 5) is 12.5. The number of aryl methyl sites for hydroxylation is 2. The summed E-state index contributed by atoms with van der Waals surface area (Å²) in [5.41, 5.74) is 8.62. The number of hydrogen-bond acceptors (Lipinski definition) is 7. The molecule has 3 rings (SSSR count). The van der Waals surface area contributed by atoms with E-state index in [-0.39, 0.29) is 0 Å². The van der Waals surface area contributed by atoms with Crippen LogP contribution in [0.1, 0.15) is 12.0 Å². The number of methoxy groups -OCH3 is 1. The molecule has 0 unspecified atom stereocenters. The van der Waals surface area contributed by atoms with Crippen LogP contribution in [0.2, 0.25) is 0 Å². The second-order valence-electron chi connectivity index (χ2n) is 5.89. The van der Waals surface area contributed by atoms with Crippen molar-refractivity contribution in [2.24, 2.45) is 0 Å². The van der Waals surface area contributed by atoms with E-state index in [0.717, 1.165) is 36.5 Å². The fraction of sp³-hybridized carbons (Fsp3) is 0.278. The number of ether oxygens (including phenoxy) is 1. The van der Waals surface area contributed by atoms with Crippen LogP contribution in [0.3, 0.4) is 0 Å². The highest BCUT2D eigenvalue weighted by Gasteiger charge is 2.11. The van der Waals surface area contributed by atoms with Gasteiger partial charge in [0, 0.05) is 25.5 Å². The minimum absolute atomic E-state index is 0.471. The first-order valence-corrected chi connectivity index (χ1v) is 8.39. The molecule has 2 heterocycles. The monoisotopic (exact) mass is 353 g/mol. The number of nitrogens with two attached hydrogens (primary N) is 1. The summed E-state index contributed by atoms with van der Waals surface area (Å²) in [6, 6.07) is 5.88. The fourth-order valence-electron chi connectivity index (χ4n) is 2.57. The van der Waals surface area contributed by atoms with Gasteiger partial charge in [0.1, 0.15) is 17.8 Å². The predicted molar refractivity (Wildman–Crippen MR) is 103 cm³/mol. The second kappa shape index (κ2) is 8.19. The minimum Gasteiger partial charge on any atom is -0.495 e. The Morgan fingerprint density at radius 3 is 2.85 bits per heavy atom. The Morgan fingerprint density at radius 2 is 2.08 bits per heavy atom. The third-order valence-electron chi connectivity index (χ3n) is 3.94. The van der Waals surface area contributed by atoms with E-state index in [1.807, 2.05) is 35.9 Å². The number of nitrogens with one attached hydrogen (secondary N) is 2. The molecular weight excluding hydrogens is 330 g/mol. The second-order valence-corrected chi connectivity index (χ2v) is 5.89. The maximum atomic E-state index is 6.23. The Balaban J connectivity index is 1.66. The van der Waals surface area contributed by atoms with Gasteiger partial charge in [0.15, 0.2) is 11.6 Å². The lowest BCUT2D eigenvalue weighted by Crippen LogP contribution is -2.11. The number of nitrogens with zero attached hydrogens (tertiary/aromatic N) is 4. The average molecular weight is 353 g/mol. The zero-order chi connectivity index (χ0) is 18.4. The van der Waals surface area contributed by atoms with Gasteiger partial charge in [0.05, 0.1) is 19.1 Å². The van der Waals surface area contributed by atoms with Gasteiger partial charge in [-0.3, -0.25) is 0 Å². The first-order chi connectivity index (χ1) is 12.7. The van der Waals surface area contributed by atoms with E-state index in [9.17, 15) is 0 Å². The first kappa shape index (κ1) is 17.5. The van der Waals surface area contributed by atoms with Crippen molar-refractivity contribution in [3.8, 4) is 5.75 Å². The molecule has 0 fully saturated rings. The van der Waals surface area contributed by atoms with E-state index < -0.39 is 0 Å². The van der Waals surface area contributed by atoms with Gasteiger partial charge in [-0.1, -0.05) is 6.07 Å². The Hall–Kier alpha value is -3.29. The molecule has 4 N–H and O–H groups in total. The van der Waals surface area contributed by atoms with Crippen molar-refractivity contribution in [3.05, 3.63) is 48.8 Å². The topological polar surface area (TPSA) is 103 Å². The van der Waals surface area contributed by atoms with E-state index in [0.29, 0.717) is 17.3 Å². The third-order valence-corrected chi connectivity index (χ3v) is 3.94. The molecule has 2 aromatic heterocycles. The molecule has 0 aliphatic rings. The Labute approximate surface area is 152 Å². The molecule has 1 aromatic carbocycles. The molecule has 0 bridgehead atoms. The molecule has 3 aromatic rings. The predicted octanol–water partition coefficient (Wildman–Crippen LogP) is 2.82. The molecule has 0 saturated heterocycles. The fourth-order valence-corrected chi connectivity index (χ4v) is 2.57. The lowest BCUT2D eigenvalue weighted by Gasteiger charge is -2.15. The van der Waals surface area contributed by atoms with Crippen LogP contribution in [-0.4, -0.2) is 33.2 Å². The smallest absolute Gasteiger partial charge is 0.159 e. The average Bonchev–Trinajstić information content (AvgIpc) is 3.15. The van der Waals surface area contributed by atoms with Gasteiger partial charge in [-0.15, -0.1) is 0 Å². The molecule has 0 amide bonds. The van der Waals surface area contributed by atoms with Gasteiger partial charge in [-0.05, 0) is 31.0 Å². The highest BCUT2D eigenvalue weighted by molar-refractivity contribution is 5.79. The van der Waals surface area contributed by atoms with Crippen molar-refractivity contribution in [1.29, 1.82) is 0 Å². The zero-order valence-electron chi connectivity index (χ0n) is 14.9. The highest BCUT2D eigenvalue weighted by Crippen LogP contribution is 2.31. The summed E-state index contributed by atoms with van der Waals surface area (Å²) in [6.45, 7) is 3.64. The van der Waals surface area contributed by atoms with Gasteiger partial charge < -0.3 is 25.7 Å². The Kier molecular flexibility index (Phi) is 5.52. The van der Waals surface area contributed by atoms with Crippen LogP contribution in [0.25, 0.3) is 0 Å². The van der Waals surface area contributed by atoms with E-state index >= 15 is 0 Å². The normalized spacial score (nSPS) is 10.5. The Morgan fingerprint density at radius 1 is 1.23 bits per heavy atom. The van der Waals surface area contributed by atoms with E-state index in [4.69, 9.17) is 10.5 Å². The molecule has 8 nitrogen and oxygen atoms in total. The van der Waals surface area contributed by atoms with Gasteiger partial charge in [-0.25, -0.2) is 15.0 Å². The molecule has 0 radical (unpaired) electrons. The van der Waals surface area contributed by atoms with E-state index in [1.54, 1.807) is 19.6 Å². The van der Waals surface area contributed by atoms with Crippen LogP contribution < -0.4 is 21.1 Å². The quantitative estimate of drug-likeness (QED) is 0.535.